The number of hydrogen-bond donors (Lipinski definition) is 2. The fraction of sp³-hybridized carbons (Fsp3) is 0.611. The highest BCUT2D eigenvalue weighted by atomic mass is 127. The largest absolute Gasteiger partial charge is 0.494 e. The van der Waals surface area contributed by atoms with Gasteiger partial charge in [-0.15, -0.1) is 24.0 Å². The minimum absolute atomic E-state index is 0. The van der Waals surface area contributed by atoms with Gasteiger partial charge in [-0.3, -0.25) is 4.99 Å². The van der Waals surface area contributed by atoms with Crippen molar-refractivity contribution in [3.8, 4) is 5.75 Å². The monoisotopic (exact) mass is 431 g/mol. The molecule has 0 unspecified atom stereocenters. The molecule has 0 amide bonds. The van der Waals surface area contributed by atoms with Gasteiger partial charge in [-0.1, -0.05) is 38.3 Å². The molecule has 0 bridgehead atoms. The van der Waals surface area contributed by atoms with E-state index in [2.05, 4.69) is 29.4 Å². The van der Waals surface area contributed by atoms with Crippen LogP contribution in [0, 0.1) is 0 Å². The molecular formula is C18H30IN3O. The Hall–Kier alpha value is -0.980. The number of rotatable bonds is 7. The molecule has 1 aromatic carbocycles. The first-order valence-corrected chi connectivity index (χ1v) is 8.56. The first-order chi connectivity index (χ1) is 10.8. The van der Waals surface area contributed by atoms with Gasteiger partial charge >= 0.3 is 0 Å². The quantitative estimate of drug-likeness (QED) is 0.392. The van der Waals surface area contributed by atoms with E-state index in [1.54, 1.807) is 0 Å². The summed E-state index contributed by atoms with van der Waals surface area (Å²) in [5.41, 5.74) is 7.22. The van der Waals surface area contributed by atoms with Crippen LogP contribution in [0.4, 0.5) is 0 Å². The Labute approximate surface area is 157 Å². The molecule has 2 rings (SSSR count). The van der Waals surface area contributed by atoms with Crippen molar-refractivity contribution >= 4 is 29.9 Å². The summed E-state index contributed by atoms with van der Waals surface area (Å²) in [5, 5.41) is 3.35. The van der Waals surface area contributed by atoms with Crippen molar-refractivity contribution in [2.75, 3.05) is 13.2 Å². The van der Waals surface area contributed by atoms with Crippen molar-refractivity contribution in [3.05, 3.63) is 29.8 Å². The van der Waals surface area contributed by atoms with Crippen LogP contribution < -0.4 is 15.8 Å². The van der Waals surface area contributed by atoms with Crippen LogP contribution >= 0.6 is 24.0 Å². The zero-order chi connectivity index (χ0) is 15.6. The predicted octanol–water partition coefficient (Wildman–Crippen LogP) is 3.87. The Bertz CT molecular complexity index is 473. The highest BCUT2D eigenvalue weighted by Gasteiger charge is 2.13. The maximum absolute atomic E-state index is 5.98. The molecule has 0 radical (unpaired) electrons. The van der Waals surface area contributed by atoms with E-state index in [1.165, 1.54) is 37.7 Å². The van der Waals surface area contributed by atoms with Crippen molar-refractivity contribution < 1.29 is 4.74 Å². The highest BCUT2D eigenvalue weighted by molar-refractivity contribution is 14.0. The van der Waals surface area contributed by atoms with Crippen molar-refractivity contribution in [2.45, 2.75) is 57.9 Å². The maximum Gasteiger partial charge on any atom is 0.188 e. The Kier molecular flexibility index (Phi) is 10.1. The van der Waals surface area contributed by atoms with Gasteiger partial charge in [-0.2, -0.15) is 0 Å². The summed E-state index contributed by atoms with van der Waals surface area (Å²) >= 11 is 0. The molecule has 0 aromatic heterocycles. The summed E-state index contributed by atoms with van der Waals surface area (Å²) in [5.74, 6) is 1.53. The second kappa shape index (κ2) is 11.5. The third-order valence-corrected chi connectivity index (χ3v) is 4.01. The predicted molar refractivity (Wildman–Crippen MR) is 108 cm³/mol. The molecule has 4 nitrogen and oxygen atoms in total. The molecule has 1 aliphatic rings. The summed E-state index contributed by atoms with van der Waals surface area (Å²) in [7, 11) is 0. The molecule has 0 aliphatic heterocycles. The van der Waals surface area contributed by atoms with Crippen molar-refractivity contribution in [1.29, 1.82) is 0 Å². The number of nitrogens with zero attached hydrogens (tertiary/aromatic N) is 1. The van der Waals surface area contributed by atoms with Gasteiger partial charge < -0.3 is 15.8 Å². The van der Waals surface area contributed by atoms with Crippen LogP contribution in [0.1, 0.15) is 51.0 Å². The Balaban J connectivity index is 0.00000264. The van der Waals surface area contributed by atoms with Crippen LogP contribution in [0.3, 0.4) is 0 Å². The average Bonchev–Trinajstić information content (AvgIpc) is 2.54. The van der Waals surface area contributed by atoms with Crippen LogP contribution in [0.25, 0.3) is 0 Å². The first kappa shape index (κ1) is 20.1. The van der Waals surface area contributed by atoms with Gasteiger partial charge in [0.15, 0.2) is 5.96 Å². The molecule has 1 aromatic rings. The van der Waals surface area contributed by atoms with Gasteiger partial charge in [0.2, 0.25) is 0 Å². The van der Waals surface area contributed by atoms with Crippen molar-refractivity contribution in [1.82, 2.24) is 5.32 Å². The molecule has 23 heavy (non-hydrogen) atoms. The number of aliphatic imine (C=N–C) groups is 1. The smallest absolute Gasteiger partial charge is 0.188 e. The van der Waals surface area contributed by atoms with E-state index in [0.717, 1.165) is 25.2 Å². The molecule has 1 fully saturated rings. The summed E-state index contributed by atoms with van der Waals surface area (Å²) in [6.45, 7) is 3.59. The molecular weight excluding hydrogens is 401 g/mol. The second-order valence-electron chi connectivity index (χ2n) is 5.99. The molecule has 0 spiro atoms. The van der Waals surface area contributed by atoms with E-state index in [-0.39, 0.29) is 24.0 Å². The minimum atomic E-state index is 0. The summed E-state index contributed by atoms with van der Waals surface area (Å²) in [6, 6.07) is 8.76. The van der Waals surface area contributed by atoms with Crippen LogP contribution in [0.2, 0.25) is 0 Å². The van der Waals surface area contributed by atoms with Crippen molar-refractivity contribution in [2.24, 2.45) is 10.7 Å². The van der Waals surface area contributed by atoms with Gasteiger partial charge in [0, 0.05) is 12.6 Å². The summed E-state index contributed by atoms with van der Waals surface area (Å²) in [6.07, 6.45) is 8.30. The number of nitrogens with one attached hydrogen (secondary N) is 1. The van der Waals surface area contributed by atoms with Gasteiger partial charge in [0.25, 0.3) is 0 Å². The first-order valence-electron chi connectivity index (χ1n) is 8.56. The van der Waals surface area contributed by atoms with Crippen LogP contribution in [0.5, 0.6) is 5.75 Å². The summed E-state index contributed by atoms with van der Waals surface area (Å²) < 4.78 is 5.65. The zero-order valence-electron chi connectivity index (χ0n) is 14.1. The molecule has 130 valence electrons. The Morgan fingerprint density at radius 1 is 1.30 bits per heavy atom. The lowest BCUT2D eigenvalue weighted by Crippen LogP contribution is -2.41. The van der Waals surface area contributed by atoms with Crippen LogP contribution in [-0.2, 0) is 6.42 Å². The molecule has 3 N–H and O–H groups in total. The zero-order valence-corrected chi connectivity index (χ0v) is 16.4. The van der Waals surface area contributed by atoms with Gasteiger partial charge in [-0.25, -0.2) is 0 Å². The molecule has 0 saturated heterocycles. The molecule has 0 heterocycles. The normalized spacial score (nSPS) is 15.8. The number of ether oxygens (including phenoxy) is 1. The van der Waals surface area contributed by atoms with E-state index in [0.29, 0.717) is 18.5 Å². The fourth-order valence-electron chi connectivity index (χ4n) is 2.82. The van der Waals surface area contributed by atoms with Crippen molar-refractivity contribution in [3.63, 3.8) is 0 Å². The molecule has 5 heteroatoms. The lowest BCUT2D eigenvalue weighted by molar-refractivity contribution is 0.317. The number of guanidine groups is 1. The lowest BCUT2D eigenvalue weighted by Gasteiger charge is -2.23. The second-order valence-corrected chi connectivity index (χ2v) is 5.99. The maximum atomic E-state index is 5.98. The highest BCUT2D eigenvalue weighted by Crippen LogP contribution is 2.17. The number of nitrogens with two attached hydrogens (primary N) is 1. The molecule has 0 atom stereocenters. The number of benzene rings is 1. The minimum Gasteiger partial charge on any atom is -0.494 e. The third-order valence-electron chi connectivity index (χ3n) is 4.01. The number of hydrogen-bond acceptors (Lipinski definition) is 2. The van der Waals surface area contributed by atoms with E-state index in [4.69, 9.17) is 10.5 Å². The standard InChI is InChI=1S/C18H29N3O.HI/c1-2-13-22-17-10-6-7-15(14-17)11-12-20-18(19)21-16-8-4-3-5-9-16;/h6-7,10,14,16H,2-5,8-9,11-13H2,1H3,(H3,19,20,21);1H. The fourth-order valence-corrected chi connectivity index (χ4v) is 2.82. The Morgan fingerprint density at radius 3 is 2.83 bits per heavy atom. The van der Waals surface area contributed by atoms with E-state index in [1.807, 2.05) is 12.1 Å². The summed E-state index contributed by atoms with van der Waals surface area (Å²) in [4.78, 5) is 4.45. The van der Waals surface area contributed by atoms with Gasteiger partial charge in [0.1, 0.15) is 5.75 Å². The topological polar surface area (TPSA) is 59.6 Å². The molecule has 1 aliphatic carbocycles. The van der Waals surface area contributed by atoms with Crippen LogP contribution in [-0.4, -0.2) is 25.2 Å². The van der Waals surface area contributed by atoms with E-state index >= 15 is 0 Å². The third kappa shape index (κ3) is 7.90. The Morgan fingerprint density at radius 2 is 2.09 bits per heavy atom. The van der Waals surface area contributed by atoms with Crippen LogP contribution in [0.15, 0.2) is 29.3 Å². The van der Waals surface area contributed by atoms with Gasteiger partial charge in [-0.05, 0) is 43.4 Å². The van der Waals surface area contributed by atoms with E-state index < -0.39 is 0 Å². The van der Waals surface area contributed by atoms with Gasteiger partial charge in [0.05, 0.1) is 6.61 Å². The molecule has 1 saturated carbocycles. The number of halogens is 1. The lowest BCUT2D eigenvalue weighted by atomic mass is 9.96. The SMILES string of the molecule is CCCOc1cccc(CCN=C(N)NC2CCCCC2)c1.I. The van der Waals surface area contributed by atoms with E-state index in [9.17, 15) is 0 Å². The average molecular weight is 431 g/mol.